The maximum atomic E-state index is 13.2. The molecule has 172 valence electrons. The number of aromatic nitrogens is 2. The van der Waals surface area contributed by atoms with Gasteiger partial charge in [0.05, 0.1) is 25.9 Å². The van der Waals surface area contributed by atoms with Crippen LogP contribution in [0.5, 0.6) is 5.75 Å². The third-order valence-electron chi connectivity index (χ3n) is 5.98. The van der Waals surface area contributed by atoms with Crippen LogP contribution in [0.1, 0.15) is 25.7 Å². The molecule has 3 heterocycles. The summed E-state index contributed by atoms with van der Waals surface area (Å²) in [4.78, 5) is 33.6. The van der Waals surface area contributed by atoms with E-state index in [1.165, 1.54) is 12.1 Å². The number of rotatable bonds is 7. The van der Waals surface area contributed by atoms with E-state index in [0.29, 0.717) is 18.9 Å². The zero-order valence-electron chi connectivity index (χ0n) is 18.1. The lowest BCUT2D eigenvalue weighted by atomic mass is 9.96. The number of amides is 2. The number of carbonyl (C=O) groups excluding carboxylic acids is 2. The normalized spacial score (nSPS) is 21.4. The van der Waals surface area contributed by atoms with Gasteiger partial charge in [-0.15, -0.1) is 0 Å². The zero-order valence-corrected chi connectivity index (χ0v) is 18.1. The van der Waals surface area contributed by atoms with Crippen molar-refractivity contribution in [3.05, 3.63) is 48.8 Å². The van der Waals surface area contributed by atoms with E-state index >= 15 is 0 Å². The molecular formula is C23H29FN4O4. The number of imidazole rings is 1. The third kappa shape index (κ3) is 5.64. The van der Waals surface area contributed by atoms with Gasteiger partial charge in [-0.3, -0.25) is 9.59 Å². The number of piperidine rings is 1. The summed E-state index contributed by atoms with van der Waals surface area (Å²) in [6, 6.07) is 5.73. The molecule has 0 N–H and O–H groups in total. The largest absolute Gasteiger partial charge is 0.490 e. The van der Waals surface area contributed by atoms with Crippen LogP contribution in [0.3, 0.4) is 0 Å². The number of morpholine rings is 1. The van der Waals surface area contributed by atoms with E-state index in [2.05, 4.69) is 4.98 Å². The van der Waals surface area contributed by atoms with Gasteiger partial charge in [-0.25, -0.2) is 9.37 Å². The number of nitrogens with zero attached hydrogens (tertiary/aromatic N) is 4. The Labute approximate surface area is 186 Å². The van der Waals surface area contributed by atoms with Crippen molar-refractivity contribution in [2.24, 2.45) is 0 Å². The van der Waals surface area contributed by atoms with Crippen molar-refractivity contribution in [3.63, 3.8) is 0 Å². The molecule has 2 aliphatic rings. The number of hydrogen-bond donors (Lipinski definition) is 0. The molecule has 2 aromatic rings. The number of benzene rings is 1. The minimum absolute atomic E-state index is 0.0105. The lowest BCUT2D eigenvalue weighted by molar-refractivity contribution is -0.166. The Balaban J connectivity index is 1.48. The number of hydrogen-bond acceptors (Lipinski definition) is 5. The standard InChI is InChI=1S/C23H29FN4O4/c24-19-4-6-20(7-5-19)31-17-23(14-21(29)27-9-2-1-3-10-27)16-28(12-13-32-23)22(30)15-26-11-8-25-18-26/h4-8,11,18H,1-3,9-10,12-17H2. The fourth-order valence-corrected chi connectivity index (χ4v) is 4.22. The highest BCUT2D eigenvalue weighted by Gasteiger charge is 2.42. The molecule has 0 spiro atoms. The number of likely N-dealkylation sites (tertiary alicyclic amines) is 1. The Bertz CT molecular complexity index is 899. The topological polar surface area (TPSA) is 76.9 Å². The Kier molecular flexibility index (Phi) is 7.04. The Hall–Kier alpha value is -2.94. The monoisotopic (exact) mass is 444 g/mol. The number of ether oxygens (including phenoxy) is 2. The van der Waals surface area contributed by atoms with Crippen molar-refractivity contribution >= 4 is 11.8 Å². The summed E-state index contributed by atoms with van der Waals surface area (Å²) in [5, 5.41) is 0. The summed E-state index contributed by atoms with van der Waals surface area (Å²) in [5.74, 6) is 0.0818. The van der Waals surface area contributed by atoms with E-state index in [4.69, 9.17) is 9.47 Å². The summed E-state index contributed by atoms with van der Waals surface area (Å²) in [7, 11) is 0. The van der Waals surface area contributed by atoms with Crippen LogP contribution in [0, 0.1) is 5.82 Å². The molecule has 2 saturated heterocycles. The Morgan fingerprint density at radius 1 is 1.06 bits per heavy atom. The predicted molar refractivity (Wildman–Crippen MR) is 114 cm³/mol. The first-order valence-corrected chi connectivity index (χ1v) is 11.1. The average molecular weight is 445 g/mol. The average Bonchev–Trinajstić information content (AvgIpc) is 3.32. The molecule has 8 nitrogen and oxygen atoms in total. The van der Waals surface area contributed by atoms with Crippen LogP contribution in [-0.2, 0) is 20.9 Å². The van der Waals surface area contributed by atoms with E-state index in [9.17, 15) is 14.0 Å². The highest BCUT2D eigenvalue weighted by molar-refractivity contribution is 5.78. The lowest BCUT2D eigenvalue weighted by Crippen LogP contribution is -2.59. The number of carbonyl (C=O) groups is 2. The van der Waals surface area contributed by atoms with Crippen molar-refractivity contribution < 1.29 is 23.5 Å². The first kappa shape index (κ1) is 22.3. The summed E-state index contributed by atoms with van der Waals surface area (Å²) >= 11 is 0. The maximum absolute atomic E-state index is 13.2. The molecule has 32 heavy (non-hydrogen) atoms. The molecule has 9 heteroatoms. The summed E-state index contributed by atoms with van der Waals surface area (Å²) in [6.45, 7) is 2.77. The molecule has 1 unspecified atom stereocenters. The maximum Gasteiger partial charge on any atom is 0.242 e. The zero-order chi connectivity index (χ0) is 22.4. The van der Waals surface area contributed by atoms with Crippen molar-refractivity contribution in [3.8, 4) is 5.75 Å². The van der Waals surface area contributed by atoms with Crippen LogP contribution in [0.15, 0.2) is 43.0 Å². The van der Waals surface area contributed by atoms with Crippen LogP contribution >= 0.6 is 0 Å². The van der Waals surface area contributed by atoms with Gasteiger partial charge in [0.1, 0.15) is 30.3 Å². The van der Waals surface area contributed by atoms with Crippen LogP contribution in [0.25, 0.3) is 0 Å². The molecule has 2 amide bonds. The van der Waals surface area contributed by atoms with E-state index in [0.717, 1.165) is 32.4 Å². The van der Waals surface area contributed by atoms with Gasteiger partial charge in [0.15, 0.2) is 0 Å². The van der Waals surface area contributed by atoms with Crippen LogP contribution < -0.4 is 4.74 Å². The van der Waals surface area contributed by atoms with Gasteiger partial charge in [-0.2, -0.15) is 0 Å². The van der Waals surface area contributed by atoms with Crippen LogP contribution in [0.4, 0.5) is 4.39 Å². The smallest absolute Gasteiger partial charge is 0.242 e. The Morgan fingerprint density at radius 2 is 1.84 bits per heavy atom. The minimum atomic E-state index is -0.967. The minimum Gasteiger partial charge on any atom is -0.490 e. The molecule has 1 aromatic carbocycles. The first-order valence-electron chi connectivity index (χ1n) is 11.1. The third-order valence-corrected chi connectivity index (χ3v) is 5.98. The van der Waals surface area contributed by atoms with Gasteiger partial charge in [-0.05, 0) is 43.5 Å². The second kappa shape index (κ2) is 10.1. The van der Waals surface area contributed by atoms with E-state index in [1.807, 2.05) is 4.90 Å². The van der Waals surface area contributed by atoms with Gasteiger partial charge in [-0.1, -0.05) is 0 Å². The van der Waals surface area contributed by atoms with Crippen molar-refractivity contribution in [1.29, 1.82) is 0 Å². The predicted octanol–water partition coefficient (Wildman–Crippen LogP) is 2.10. The fraction of sp³-hybridized carbons (Fsp3) is 0.522. The van der Waals surface area contributed by atoms with Gasteiger partial charge in [0.2, 0.25) is 11.8 Å². The quantitative estimate of drug-likeness (QED) is 0.654. The molecule has 1 aromatic heterocycles. The van der Waals surface area contributed by atoms with Gasteiger partial charge in [0, 0.05) is 32.0 Å². The molecule has 0 bridgehead atoms. The first-order chi connectivity index (χ1) is 15.5. The molecule has 1 atom stereocenters. The molecule has 0 saturated carbocycles. The van der Waals surface area contributed by atoms with Crippen molar-refractivity contribution in [2.45, 2.75) is 37.8 Å². The van der Waals surface area contributed by atoms with Crippen LogP contribution in [0.2, 0.25) is 0 Å². The highest BCUT2D eigenvalue weighted by atomic mass is 19.1. The second-order valence-corrected chi connectivity index (χ2v) is 8.44. The van der Waals surface area contributed by atoms with Gasteiger partial charge in [0.25, 0.3) is 0 Å². The molecule has 0 radical (unpaired) electrons. The molecule has 2 aliphatic heterocycles. The van der Waals surface area contributed by atoms with E-state index < -0.39 is 5.60 Å². The summed E-state index contributed by atoms with van der Waals surface area (Å²) < 4.78 is 27.0. The fourth-order valence-electron chi connectivity index (χ4n) is 4.22. The molecule has 0 aliphatic carbocycles. The molecule has 4 rings (SSSR count). The summed E-state index contributed by atoms with van der Waals surface area (Å²) in [6.07, 6.45) is 8.23. The number of halogens is 1. The SMILES string of the molecule is O=C(CC1(COc2ccc(F)cc2)CN(C(=O)Cn2ccnc2)CCO1)N1CCCCC1. The van der Waals surface area contributed by atoms with Crippen molar-refractivity contribution in [1.82, 2.24) is 19.4 Å². The summed E-state index contributed by atoms with van der Waals surface area (Å²) in [5.41, 5.74) is -0.967. The van der Waals surface area contributed by atoms with Gasteiger partial charge < -0.3 is 23.8 Å². The van der Waals surface area contributed by atoms with E-state index in [1.54, 1.807) is 40.3 Å². The van der Waals surface area contributed by atoms with Gasteiger partial charge >= 0.3 is 0 Å². The molecular weight excluding hydrogens is 415 g/mol. The Morgan fingerprint density at radius 3 is 2.56 bits per heavy atom. The highest BCUT2D eigenvalue weighted by Crippen LogP contribution is 2.26. The van der Waals surface area contributed by atoms with Crippen molar-refractivity contribution in [2.75, 3.05) is 39.4 Å². The lowest BCUT2D eigenvalue weighted by Gasteiger charge is -2.43. The second-order valence-electron chi connectivity index (χ2n) is 8.44. The van der Waals surface area contributed by atoms with E-state index in [-0.39, 0.29) is 43.7 Å². The van der Waals surface area contributed by atoms with Crippen LogP contribution in [-0.4, -0.2) is 76.2 Å². The molecule has 2 fully saturated rings.